The van der Waals surface area contributed by atoms with Crippen LogP contribution in [0.2, 0.25) is 0 Å². The third-order valence-electron chi connectivity index (χ3n) is 4.67. The van der Waals surface area contributed by atoms with E-state index in [9.17, 15) is 14.7 Å². The molecule has 0 atom stereocenters. The molecule has 1 aliphatic carbocycles. The number of aryl methyl sites for hydroxylation is 1. The number of rotatable bonds is 4. The zero-order valence-electron chi connectivity index (χ0n) is 12.6. The Morgan fingerprint density at radius 2 is 2.00 bits per heavy atom. The molecule has 0 aromatic carbocycles. The lowest BCUT2D eigenvalue weighted by atomic mass is 9.75. The number of carboxylic acid groups (broad SMARTS) is 1. The van der Waals surface area contributed by atoms with Crippen molar-refractivity contribution in [3.8, 4) is 0 Å². The Kier molecular flexibility index (Phi) is 3.73. The van der Waals surface area contributed by atoms with Crippen LogP contribution in [-0.2, 0) is 6.54 Å². The molecule has 0 saturated heterocycles. The molecule has 0 bridgehead atoms. The molecule has 0 unspecified atom stereocenters. The normalized spacial score (nSPS) is 17.1. The second-order valence-corrected chi connectivity index (χ2v) is 5.99. The lowest BCUT2D eigenvalue weighted by Gasteiger charge is -2.48. The molecule has 1 saturated carbocycles. The second kappa shape index (κ2) is 5.05. The van der Waals surface area contributed by atoms with E-state index in [1.54, 1.807) is 18.4 Å². The van der Waals surface area contributed by atoms with Crippen LogP contribution in [0.15, 0.2) is 10.9 Å². The Hall–Kier alpha value is -1.62. The lowest BCUT2D eigenvalue weighted by Crippen LogP contribution is -2.54. The summed E-state index contributed by atoms with van der Waals surface area (Å²) in [6.07, 6.45) is 3.24. The number of hydrogen-bond donors (Lipinski definition) is 1. The Morgan fingerprint density at radius 1 is 1.40 bits per heavy atom. The lowest BCUT2D eigenvalue weighted by molar-refractivity contribution is 0.0405. The van der Waals surface area contributed by atoms with Gasteiger partial charge in [-0.1, -0.05) is 0 Å². The maximum absolute atomic E-state index is 12.2. The fourth-order valence-electron chi connectivity index (χ4n) is 3.07. The molecule has 1 fully saturated rings. The van der Waals surface area contributed by atoms with E-state index in [0.29, 0.717) is 17.8 Å². The van der Waals surface area contributed by atoms with Crippen LogP contribution < -0.4 is 5.56 Å². The Balaban J connectivity index is 2.50. The number of carbonyl (C=O) groups is 1. The highest BCUT2D eigenvalue weighted by Crippen LogP contribution is 2.37. The van der Waals surface area contributed by atoms with Crippen molar-refractivity contribution < 1.29 is 9.90 Å². The van der Waals surface area contributed by atoms with Gasteiger partial charge in [0.25, 0.3) is 5.56 Å². The van der Waals surface area contributed by atoms with Gasteiger partial charge in [0.15, 0.2) is 0 Å². The van der Waals surface area contributed by atoms with Gasteiger partial charge in [-0.3, -0.25) is 4.79 Å². The van der Waals surface area contributed by atoms with Gasteiger partial charge in [0.1, 0.15) is 0 Å². The average Bonchev–Trinajstić information content (AvgIpc) is 2.24. The molecule has 2 rings (SSSR count). The number of hydrogen-bond acceptors (Lipinski definition) is 3. The first kappa shape index (κ1) is 14.8. The predicted octanol–water partition coefficient (Wildman–Crippen LogP) is 1.65. The number of likely N-dealkylation sites (N-methyl/N-ethyl adjacent to an activating group) is 1. The molecule has 1 aromatic heterocycles. The van der Waals surface area contributed by atoms with Crippen LogP contribution in [0.25, 0.3) is 0 Å². The summed E-state index contributed by atoms with van der Waals surface area (Å²) < 4.78 is 1.62. The number of aromatic carboxylic acids is 1. The fourth-order valence-corrected chi connectivity index (χ4v) is 3.07. The van der Waals surface area contributed by atoms with Gasteiger partial charge >= 0.3 is 5.97 Å². The summed E-state index contributed by atoms with van der Waals surface area (Å²) in [5.41, 5.74) is 1.20. The van der Waals surface area contributed by atoms with Gasteiger partial charge in [-0.2, -0.15) is 0 Å². The molecule has 1 heterocycles. The minimum absolute atomic E-state index is 0.0143. The van der Waals surface area contributed by atoms with E-state index in [1.165, 1.54) is 6.07 Å². The highest BCUT2D eigenvalue weighted by molar-refractivity contribution is 5.90. The summed E-state index contributed by atoms with van der Waals surface area (Å²) in [7, 11) is 4.04. The largest absolute Gasteiger partial charge is 0.478 e. The first-order valence-corrected chi connectivity index (χ1v) is 6.90. The van der Waals surface area contributed by atoms with Crippen molar-refractivity contribution in [1.29, 1.82) is 0 Å². The third-order valence-corrected chi connectivity index (χ3v) is 4.67. The highest BCUT2D eigenvalue weighted by Gasteiger charge is 2.40. The molecule has 0 radical (unpaired) electrons. The second-order valence-electron chi connectivity index (χ2n) is 5.99. The van der Waals surface area contributed by atoms with Gasteiger partial charge in [-0.25, -0.2) is 4.79 Å². The van der Waals surface area contributed by atoms with E-state index in [-0.39, 0.29) is 16.7 Å². The number of nitrogens with zero attached hydrogens (tertiary/aromatic N) is 2. The average molecular weight is 278 g/mol. The van der Waals surface area contributed by atoms with Crippen molar-refractivity contribution in [3.05, 3.63) is 33.2 Å². The standard InChI is InChI=1S/C15H22N2O3/c1-10-8-12(18)17(11(2)13(10)14(19)20)9-15(16(3)4)6-5-7-15/h8H,5-7,9H2,1-4H3,(H,19,20). The smallest absolute Gasteiger partial charge is 0.337 e. The van der Waals surface area contributed by atoms with Gasteiger partial charge in [-0.05, 0) is 52.8 Å². The monoisotopic (exact) mass is 278 g/mol. The Bertz CT molecular complexity index is 598. The summed E-state index contributed by atoms with van der Waals surface area (Å²) in [5, 5.41) is 9.31. The van der Waals surface area contributed by atoms with Crippen LogP contribution in [0.5, 0.6) is 0 Å². The van der Waals surface area contributed by atoms with Crippen molar-refractivity contribution in [3.63, 3.8) is 0 Å². The van der Waals surface area contributed by atoms with Crippen molar-refractivity contribution in [2.24, 2.45) is 0 Å². The molecule has 0 aliphatic heterocycles. The van der Waals surface area contributed by atoms with Gasteiger partial charge in [0, 0.05) is 23.8 Å². The molecule has 1 aromatic rings. The minimum Gasteiger partial charge on any atom is -0.478 e. The maximum atomic E-state index is 12.2. The third kappa shape index (κ3) is 2.26. The van der Waals surface area contributed by atoms with Crippen LogP contribution in [0.3, 0.4) is 0 Å². The van der Waals surface area contributed by atoms with Crippen LogP contribution in [0.4, 0.5) is 0 Å². The summed E-state index contributed by atoms with van der Waals surface area (Å²) in [6, 6.07) is 1.43. The van der Waals surface area contributed by atoms with E-state index in [0.717, 1.165) is 19.3 Å². The number of carboxylic acids is 1. The van der Waals surface area contributed by atoms with Crippen molar-refractivity contribution in [1.82, 2.24) is 9.47 Å². The zero-order valence-corrected chi connectivity index (χ0v) is 12.6. The Morgan fingerprint density at radius 3 is 2.40 bits per heavy atom. The zero-order chi connectivity index (χ0) is 15.1. The SMILES string of the molecule is Cc1cc(=O)n(CC2(N(C)C)CCC2)c(C)c1C(=O)O. The van der Waals surface area contributed by atoms with Crippen LogP contribution in [0, 0.1) is 13.8 Å². The highest BCUT2D eigenvalue weighted by atomic mass is 16.4. The first-order valence-electron chi connectivity index (χ1n) is 6.90. The molecule has 20 heavy (non-hydrogen) atoms. The number of pyridine rings is 1. The quantitative estimate of drug-likeness (QED) is 0.909. The molecule has 5 heteroatoms. The maximum Gasteiger partial charge on any atom is 0.337 e. The summed E-state index contributed by atoms with van der Waals surface area (Å²) in [5.74, 6) is -0.971. The molecule has 1 aliphatic rings. The van der Waals surface area contributed by atoms with Crippen molar-refractivity contribution in [2.75, 3.05) is 14.1 Å². The minimum atomic E-state index is -0.971. The van der Waals surface area contributed by atoms with Gasteiger partial charge in [-0.15, -0.1) is 0 Å². The summed E-state index contributed by atoms with van der Waals surface area (Å²) in [6.45, 7) is 3.96. The topological polar surface area (TPSA) is 62.5 Å². The van der Waals surface area contributed by atoms with E-state index in [4.69, 9.17) is 0 Å². The van der Waals surface area contributed by atoms with Crippen LogP contribution in [-0.4, -0.2) is 40.2 Å². The van der Waals surface area contributed by atoms with E-state index < -0.39 is 5.97 Å². The van der Waals surface area contributed by atoms with Gasteiger partial charge < -0.3 is 14.6 Å². The number of aromatic nitrogens is 1. The van der Waals surface area contributed by atoms with E-state index in [2.05, 4.69) is 4.90 Å². The van der Waals surface area contributed by atoms with Crippen molar-refractivity contribution in [2.45, 2.75) is 45.2 Å². The van der Waals surface area contributed by atoms with Gasteiger partial charge in [0.05, 0.1) is 5.56 Å². The fraction of sp³-hybridized carbons (Fsp3) is 0.600. The van der Waals surface area contributed by atoms with E-state index in [1.807, 2.05) is 14.1 Å². The summed E-state index contributed by atoms with van der Waals surface area (Å²) in [4.78, 5) is 25.7. The van der Waals surface area contributed by atoms with Gasteiger partial charge in [0.2, 0.25) is 0 Å². The summed E-state index contributed by atoms with van der Waals surface area (Å²) >= 11 is 0. The molecule has 5 nitrogen and oxygen atoms in total. The van der Waals surface area contributed by atoms with Crippen LogP contribution >= 0.6 is 0 Å². The predicted molar refractivity (Wildman–Crippen MR) is 77.4 cm³/mol. The molecule has 0 amide bonds. The molecular weight excluding hydrogens is 256 g/mol. The molecule has 0 spiro atoms. The van der Waals surface area contributed by atoms with Crippen molar-refractivity contribution >= 4 is 5.97 Å². The molecular formula is C15H22N2O3. The first-order chi connectivity index (χ1) is 9.28. The van der Waals surface area contributed by atoms with E-state index >= 15 is 0 Å². The van der Waals surface area contributed by atoms with Crippen LogP contribution in [0.1, 0.15) is 40.9 Å². The molecule has 110 valence electrons. The Labute approximate surface area is 118 Å². The molecule has 1 N–H and O–H groups in total.